The summed E-state index contributed by atoms with van der Waals surface area (Å²) in [4.78, 5) is 36.7. The molecule has 8 nitrogen and oxygen atoms in total. The van der Waals surface area contributed by atoms with Gasteiger partial charge in [-0.25, -0.2) is 0 Å². The molecule has 1 amide bonds. The third kappa shape index (κ3) is 2.74. The summed E-state index contributed by atoms with van der Waals surface area (Å²) in [6.45, 7) is 0.253. The van der Waals surface area contributed by atoms with Gasteiger partial charge in [-0.3, -0.25) is 24.0 Å². The Kier molecular flexibility index (Phi) is 3.52. The van der Waals surface area contributed by atoms with Gasteiger partial charge in [0.1, 0.15) is 6.67 Å². The molecule has 19 heavy (non-hydrogen) atoms. The molecule has 2 rings (SSSR count). The molecule has 2 heterocycles. The highest BCUT2D eigenvalue weighted by atomic mass is 16.5. The van der Waals surface area contributed by atoms with Crippen molar-refractivity contribution in [2.24, 2.45) is 0 Å². The highest BCUT2D eigenvalue weighted by molar-refractivity contribution is 5.96. The van der Waals surface area contributed by atoms with Gasteiger partial charge in [-0.2, -0.15) is 0 Å². The number of rotatable bonds is 3. The van der Waals surface area contributed by atoms with E-state index in [-0.39, 0.29) is 24.7 Å². The third-order valence-corrected chi connectivity index (χ3v) is 2.43. The summed E-state index contributed by atoms with van der Waals surface area (Å²) in [7, 11) is 3.39. The van der Waals surface area contributed by atoms with E-state index in [0.717, 1.165) is 0 Å². The van der Waals surface area contributed by atoms with Crippen molar-refractivity contribution in [1.29, 1.82) is 0 Å². The Bertz CT molecular complexity index is 579. The number of hydrogen-bond acceptors (Lipinski definition) is 6. The quantitative estimate of drug-likeness (QED) is 0.651. The average molecular weight is 266 g/mol. The molecule has 0 bridgehead atoms. The molecule has 1 aliphatic rings. The molecule has 0 aliphatic carbocycles. The lowest BCUT2D eigenvalue weighted by Gasteiger charge is -2.22. The Hall–Kier alpha value is -2.35. The van der Waals surface area contributed by atoms with E-state index in [1.807, 2.05) is 0 Å². The largest absolute Gasteiger partial charge is 0.419 e. The van der Waals surface area contributed by atoms with Crippen molar-refractivity contribution in [3.63, 3.8) is 0 Å². The normalized spacial score (nSPS) is 13.5. The summed E-state index contributed by atoms with van der Waals surface area (Å²) in [5.74, 6) is -1.34. The first-order valence-electron chi connectivity index (χ1n) is 5.62. The molecule has 0 aromatic carbocycles. The van der Waals surface area contributed by atoms with Crippen LogP contribution in [0.15, 0.2) is 17.1 Å². The standard InChI is InChI=1S/C11H14N4O4/c1-14(2)5-8(17)19-10-7(16)3-4-15-9(10)11(18)12-6-13-15/h3-4,13H,5-6H2,1-2H3,(H,12,18). The average Bonchev–Trinajstić information content (AvgIpc) is 2.32. The molecule has 102 valence electrons. The van der Waals surface area contributed by atoms with Gasteiger partial charge in [0.25, 0.3) is 5.91 Å². The van der Waals surface area contributed by atoms with Crippen molar-refractivity contribution < 1.29 is 14.3 Å². The van der Waals surface area contributed by atoms with Gasteiger partial charge in [0.2, 0.25) is 11.2 Å². The lowest BCUT2D eigenvalue weighted by molar-refractivity contribution is -0.135. The van der Waals surface area contributed by atoms with Crippen molar-refractivity contribution in [2.75, 3.05) is 32.7 Å². The van der Waals surface area contributed by atoms with E-state index in [2.05, 4.69) is 10.7 Å². The van der Waals surface area contributed by atoms with E-state index in [0.29, 0.717) is 0 Å². The number of likely N-dealkylation sites (N-methyl/N-ethyl adjacent to an activating group) is 1. The molecule has 0 fully saturated rings. The van der Waals surface area contributed by atoms with Gasteiger partial charge in [0.05, 0.1) is 6.54 Å². The Labute approximate surface area is 108 Å². The predicted molar refractivity (Wildman–Crippen MR) is 66.6 cm³/mol. The zero-order valence-electron chi connectivity index (χ0n) is 10.6. The highest BCUT2D eigenvalue weighted by Crippen LogP contribution is 2.14. The molecule has 0 atom stereocenters. The molecular weight excluding hydrogens is 252 g/mol. The molecular formula is C11H14N4O4. The molecule has 1 aliphatic heterocycles. The van der Waals surface area contributed by atoms with E-state index < -0.39 is 17.3 Å². The number of carbonyl (C=O) groups is 2. The Balaban J connectivity index is 2.37. The number of pyridine rings is 1. The van der Waals surface area contributed by atoms with Crippen LogP contribution in [0.4, 0.5) is 0 Å². The maximum Gasteiger partial charge on any atom is 0.325 e. The number of nitrogens with zero attached hydrogens (tertiary/aromatic N) is 2. The summed E-state index contributed by atoms with van der Waals surface area (Å²) in [5.41, 5.74) is 2.29. The molecule has 0 radical (unpaired) electrons. The Morgan fingerprint density at radius 2 is 2.21 bits per heavy atom. The topological polar surface area (TPSA) is 92.7 Å². The first kappa shape index (κ1) is 13.1. The number of esters is 1. The second kappa shape index (κ2) is 5.11. The fourth-order valence-electron chi connectivity index (χ4n) is 1.65. The highest BCUT2D eigenvalue weighted by Gasteiger charge is 2.24. The number of hydrogen-bond donors (Lipinski definition) is 2. The lowest BCUT2D eigenvalue weighted by Crippen LogP contribution is -2.43. The summed E-state index contributed by atoms with van der Waals surface area (Å²) in [6.07, 6.45) is 1.42. The minimum Gasteiger partial charge on any atom is -0.419 e. The second-order valence-electron chi connectivity index (χ2n) is 4.28. The minimum absolute atomic E-state index is 0.00847. The maximum atomic E-state index is 11.7. The molecule has 1 aromatic heterocycles. The van der Waals surface area contributed by atoms with E-state index in [9.17, 15) is 14.4 Å². The number of amides is 1. The van der Waals surface area contributed by atoms with Crippen molar-refractivity contribution in [1.82, 2.24) is 14.9 Å². The summed E-state index contributed by atoms with van der Waals surface area (Å²) in [5, 5.41) is 2.51. The van der Waals surface area contributed by atoms with Crippen LogP contribution in [-0.2, 0) is 4.79 Å². The van der Waals surface area contributed by atoms with Crippen molar-refractivity contribution in [3.8, 4) is 5.75 Å². The zero-order valence-corrected chi connectivity index (χ0v) is 10.6. The predicted octanol–water partition coefficient (Wildman–Crippen LogP) is -1.44. The fourth-order valence-corrected chi connectivity index (χ4v) is 1.65. The van der Waals surface area contributed by atoms with Crippen molar-refractivity contribution in [2.45, 2.75) is 0 Å². The Morgan fingerprint density at radius 3 is 2.89 bits per heavy atom. The van der Waals surface area contributed by atoms with E-state index in [4.69, 9.17) is 4.74 Å². The van der Waals surface area contributed by atoms with E-state index >= 15 is 0 Å². The molecule has 1 aromatic rings. The molecule has 0 saturated carbocycles. The molecule has 8 heteroatoms. The minimum atomic E-state index is -0.602. The number of fused-ring (bicyclic) bond motifs is 1. The van der Waals surface area contributed by atoms with Gasteiger partial charge >= 0.3 is 5.97 Å². The number of nitrogens with one attached hydrogen (secondary N) is 2. The fraction of sp³-hybridized carbons (Fsp3) is 0.364. The van der Waals surface area contributed by atoms with Crippen LogP contribution in [0, 0.1) is 0 Å². The van der Waals surface area contributed by atoms with Gasteiger partial charge in [0, 0.05) is 12.3 Å². The van der Waals surface area contributed by atoms with Crippen molar-refractivity contribution in [3.05, 3.63) is 28.2 Å². The van der Waals surface area contributed by atoms with Crippen LogP contribution >= 0.6 is 0 Å². The van der Waals surface area contributed by atoms with Crippen LogP contribution in [0.3, 0.4) is 0 Å². The summed E-state index contributed by atoms with van der Waals surface area (Å²) >= 11 is 0. The van der Waals surface area contributed by atoms with Gasteiger partial charge < -0.3 is 15.5 Å². The molecule has 0 saturated heterocycles. The number of ether oxygens (including phenoxy) is 1. The summed E-state index contributed by atoms with van der Waals surface area (Å²) in [6, 6.07) is 1.23. The number of aromatic nitrogens is 1. The number of carbonyl (C=O) groups excluding carboxylic acids is 2. The van der Waals surface area contributed by atoms with E-state index in [1.165, 1.54) is 16.9 Å². The van der Waals surface area contributed by atoms with Crippen LogP contribution in [-0.4, -0.2) is 48.8 Å². The Morgan fingerprint density at radius 1 is 1.47 bits per heavy atom. The van der Waals surface area contributed by atoms with Crippen LogP contribution < -0.4 is 20.9 Å². The SMILES string of the molecule is CN(C)CC(=O)Oc1c2n(ccc1=O)NCNC2=O. The maximum absolute atomic E-state index is 11.7. The smallest absolute Gasteiger partial charge is 0.325 e. The molecule has 0 spiro atoms. The van der Waals surface area contributed by atoms with Gasteiger partial charge in [-0.1, -0.05) is 0 Å². The van der Waals surface area contributed by atoms with Gasteiger partial charge in [-0.05, 0) is 14.1 Å². The second-order valence-corrected chi connectivity index (χ2v) is 4.28. The summed E-state index contributed by atoms with van der Waals surface area (Å²) < 4.78 is 6.37. The monoisotopic (exact) mass is 266 g/mol. The van der Waals surface area contributed by atoms with Crippen LogP contribution in [0.25, 0.3) is 0 Å². The van der Waals surface area contributed by atoms with Crippen LogP contribution in [0.5, 0.6) is 5.75 Å². The first-order valence-corrected chi connectivity index (χ1v) is 5.62. The lowest BCUT2D eigenvalue weighted by atomic mass is 10.3. The molecule has 0 unspecified atom stereocenters. The third-order valence-electron chi connectivity index (χ3n) is 2.43. The van der Waals surface area contributed by atoms with Gasteiger partial charge in [0.15, 0.2) is 5.69 Å². The van der Waals surface area contributed by atoms with Crippen LogP contribution in [0.1, 0.15) is 10.5 Å². The van der Waals surface area contributed by atoms with Crippen LogP contribution in [0.2, 0.25) is 0 Å². The van der Waals surface area contributed by atoms with E-state index in [1.54, 1.807) is 19.0 Å². The van der Waals surface area contributed by atoms with Gasteiger partial charge in [-0.15, -0.1) is 0 Å². The zero-order chi connectivity index (χ0) is 14.0. The first-order chi connectivity index (χ1) is 8.99. The molecule has 2 N–H and O–H groups in total. The van der Waals surface area contributed by atoms with Crippen molar-refractivity contribution >= 4 is 11.9 Å².